The summed E-state index contributed by atoms with van der Waals surface area (Å²) in [5.74, 6) is 0. The van der Waals surface area contributed by atoms with E-state index < -0.39 is 7.38 Å². The fraction of sp³-hybridized carbons (Fsp3) is 1.00. The third-order valence-electron chi connectivity index (χ3n) is 0.706. The molecule has 0 amide bonds. The molecule has 0 aliphatic heterocycles. The average Bonchev–Trinajstić information content (AvgIpc) is 1.30. The van der Waals surface area contributed by atoms with Crippen LogP contribution in [0.15, 0.2) is 0 Å². The molecule has 0 saturated carbocycles. The molecule has 44 valence electrons. The lowest BCUT2D eigenvalue weighted by molar-refractivity contribution is 0.317. The van der Waals surface area contributed by atoms with Gasteiger partial charge in [0.05, 0.1) is 0 Å². The summed E-state index contributed by atoms with van der Waals surface area (Å²) in [6.45, 7) is 4.28. The second-order valence-corrected chi connectivity index (χ2v) is 9.20. The third-order valence-corrected chi connectivity index (χ3v) is 2.69. The highest BCUT2D eigenvalue weighted by atomic mass is 35.6. The molecular formula is C4H11ClOSi. The van der Waals surface area contributed by atoms with Crippen LogP contribution in [-0.2, 0) is 0 Å². The predicted molar refractivity (Wildman–Crippen MR) is 35.2 cm³/mol. The minimum absolute atomic E-state index is 0.239. The summed E-state index contributed by atoms with van der Waals surface area (Å²) in [4.78, 5) is 0. The monoisotopic (exact) mass is 138 g/mol. The molecule has 0 saturated heterocycles. The molecule has 0 bridgehead atoms. The lowest BCUT2D eigenvalue weighted by Crippen LogP contribution is -2.16. The van der Waals surface area contributed by atoms with Crippen molar-refractivity contribution in [3.05, 3.63) is 0 Å². The van der Waals surface area contributed by atoms with Crippen molar-refractivity contribution in [3.8, 4) is 0 Å². The molecule has 0 unspecified atom stereocenters. The van der Waals surface area contributed by atoms with Gasteiger partial charge in [-0.1, -0.05) is 13.1 Å². The van der Waals surface area contributed by atoms with Gasteiger partial charge in [0.25, 0.3) is 0 Å². The lowest BCUT2D eigenvalue weighted by atomic mass is 10.9. The Labute approximate surface area is 50.0 Å². The van der Waals surface area contributed by atoms with Crippen molar-refractivity contribution in [2.24, 2.45) is 0 Å². The Hall–Kier alpha value is 0.467. The SMILES string of the molecule is C[Si](C)(Cl)CCO. The molecule has 0 aliphatic carbocycles. The van der Waals surface area contributed by atoms with Crippen LogP contribution in [0.1, 0.15) is 0 Å². The Bertz CT molecular complexity index is 50.1. The highest BCUT2D eigenvalue weighted by molar-refractivity contribution is 7.19. The summed E-state index contributed by atoms with van der Waals surface area (Å²) in [5, 5.41) is 8.35. The maximum atomic E-state index is 8.35. The van der Waals surface area contributed by atoms with Crippen molar-refractivity contribution >= 4 is 18.5 Å². The molecule has 0 atom stereocenters. The maximum Gasteiger partial charge on any atom is 0.152 e. The fourth-order valence-corrected chi connectivity index (χ4v) is 1.05. The minimum Gasteiger partial charge on any atom is -0.397 e. The normalized spacial score (nSPS) is 12.0. The van der Waals surface area contributed by atoms with E-state index in [1.807, 2.05) is 13.1 Å². The van der Waals surface area contributed by atoms with Crippen molar-refractivity contribution in [3.63, 3.8) is 0 Å². The quantitative estimate of drug-likeness (QED) is 0.452. The molecule has 0 fully saturated rings. The standard InChI is InChI=1S/C4H11ClOSi/c1-7(2,5)4-3-6/h6H,3-4H2,1-2H3. The fourth-order valence-electron chi connectivity index (χ4n) is 0.266. The Balaban J connectivity index is 3.15. The van der Waals surface area contributed by atoms with Crippen LogP contribution >= 0.6 is 11.1 Å². The van der Waals surface area contributed by atoms with E-state index in [0.29, 0.717) is 0 Å². The van der Waals surface area contributed by atoms with Crippen molar-refractivity contribution < 1.29 is 5.11 Å². The van der Waals surface area contributed by atoms with E-state index in [9.17, 15) is 0 Å². The van der Waals surface area contributed by atoms with Crippen LogP contribution in [0.5, 0.6) is 0 Å². The second kappa shape index (κ2) is 2.70. The van der Waals surface area contributed by atoms with Gasteiger partial charge in [0.15, 0.2) is 7.38 Å². The van der Waals surface area contributed by atoms with E-state index >= 15 is 0 Å². The smallest absolute Gasteiger partial charge is 0.152 e. The molecule has 3 heteroatoms. The van der Waals surface area contributed by atoms with Crippen LogP contribution < -0.4 is 0 Å². The molecule has 0 rings (SSSR count). The Kier molecular flexibility index (Phi) is 2.88. The number of hydrogen-bond acceptors (Lipinski definition) is 1. The maximum absolute atomic E-state index is 8.35. The Morgan fingerprint density at radius 3 is 2.00 bits per heavy atom. The van der Waals surface area contributed by atoms with Gasteiger partial charge in [-0.15, -0.1) is 0 Å². The average molecular weight is 139 g/mol. The van der Waals surface area contributed by atoms with Crippen LogP contribution in [0.25, 0.3) is 0 Å². The van der Waals surface area contributed by atoms with Gasteiger partial charge in [0, 0.05) is 6.61 Å². The van der Waals surface area contributed by atoms with Gasteiger partial charge in [-0.2, -0.15) is 11.1 Å². The van der Waals surface area contributed by atoms with Crippen LogP contribution in [0, 0.1) is 0 Å². The topological polar surface area (TPSA) is 20.2 Å². The largest absolute Gasteiger partial charge is 0.397 e. The minimum atomic E-state index is -1.43. The highest BCUT2D eigenvalue weighted by Crippen LogP contribution is 2.11. The summed E-state index contributed by atoms with van der Waals surface area (Å²) < 4.78 is 0. The summed E-state index contributed by atoms with van der Waals surface area (Å²) in [5.41, 5.74) is 0. The first kappa shape index (κ1) is 7.47. The summed E-state index contributed by atoms with van der Waals surface area (Å²) >= 11 is 5.81. The molecule has 0 aromatic heterocycles. The van der Waals surface area contributed by atoms with E-state index in [1.54, 1.807) is 0 Å². The van der Waals surface area contributed by atoms with E-state index in [4.69, 9.17) is 16.2 Å². The van der Waals surface area contributed by atoms with Gasteiger partial charge in [-0.3, -0.25) is 0 Å². The third kappa shape index (κ3) is 6.47. The Morgan fingerprint density at radius 2 is 2.00 bits per heavy atom. The van der Waals surface area contributed by atoms with Crippen molar-refractivity contribution in [2.45, 2.75) is 19.1 Å². The number of rotatable bonds is 2. The molecule has 0 heterocycles. The van der Waals surface area contributed by atoms with Crippen molar-refractivity contribution in [1.29, 1.82) is 0 Å². The number of halogens is 1. The molecular weight excluding hydrogens is 128 g/mol. The second-order valence-electron chi connectivity index (χ2n) is 2.19. The molecule has 1 N–H and O–H groups in total. The van der Waals surface area contributed by atoms with Gasteiger partial charge in [0.1, 0.15) is 0 Å². The van der Waals surface area contributed by atoms with Crippen molar-refractivity contribution in [1.82, 2.24) is 0 Å². The van der Waals surface area contributed by atoms with E-state index in [1.165, 1.54) is 0 Å². The first-order valence-electron chi connectivity index (χ1n) is 2.36. The molecule has 1 nitrogen and oxygen atoms in total. The van der Waals surface area contributed by atoms with E-state index in [2.05, 4.69) is 0 Å². The zero-order valence-corrected chi connectivity index (χ0v) is 6.50. The van der Waals surface area contributed by atoms with Crippen LogP contribution in [0.3, 0.4) is 0 Å². The molecule has 0 spiro atoms. The summed E-state index contributed by atoms with van der Waals surface area (Å²) in [6, 6.07) is 0.800. The van der Waals surface area contributed by atoms with Gasteiger partial charge in [-0.25, -0.2) is 0 Å². The van der Waals surface area contributed by atoms with E-state index in [-0.39, 0.29) is 6.61 Å². The van der Waals surface area contributed by atoms with Crippen LogP contribution in [0.4, 0.5) is 0 Å². The number of aliphatic hydroxyl groups excluding tert-OH is 1. The Morgan fingerprint density at radius 1 is 1.57 bits per heavy atom. The molecule has 7 heavy (non-hydrogen) atoms. The molecule has 0 radical (unpaired) electrons. The predicted octanol–water partition coefficient (Wildman–Crippen LogP) is 1.42. The summed E-state index contributed by atoms with van der Waals surface area (Å²) in [6.07, 6.45) is 0. The van der Waals surface area contributed by atoms with Gasteiger partial charge in [-0.05, 0) is 6.04 Å². The summed E-state index contributed by atoms with van der Waals surface area (Å²) in [7, 11) is -1.43. The highest BCUT2D eigenvalue weighted by Gasteiger charge is 2.14. The van der Waals surface area contributed by atoms with Gasteiger partial charge in [0.2, 0.25) is 0 Å². The molecule has 0 aromatic rings. The lowest BCUT2D eigenvalue weighted by Gasteiger charge is -2.07. The number of hydrogen-bond donors (Lipinski definition) is 1. The zero-order valence-electron chi connectivity index (χ0n) is 4.74. The first-order valence-corrected chi connectivity index (χ1v) is 6.58. The number of aliphatic hydroxyl groups is 1. The first-order chi connectivity index (χ1) is 3.06. The molecule has 0 aromatic carbocycles. The zero-order chi connectivity index (χ0) is 5.91. The van der Waals surface area contributed by atoms with E-state index in [0.717, 1.165) is 6.04 Å². The van der Waals surface area contributed by atoms with Crippen molar-refractivity contribution in [2.75, 3.05) is 6.61 Å². The van der Waals surface area contributed by atoms with Gasteiger partial charge < -0.3 is 5.11 Å². The van der Waals surface area contributed by atoms with Gasteiger partial charge >= 0.3 is 0 Å². The molecule has 0 aliphatic rings. The van der Waals surface area contributed by atoms with Crippen LogP contribution in [-0.4, -0.2) is 19.1 Å². The van der Waals surface area contributed by atoms with Crippen LogP contribution in [0.2, 0.25) is 19.1 Å².